The van der Waals surface area contributed by atoms with Crippen LogP contribution in [-0.4, -0.2) is 42.5 Å². The van der Waals surface area contributed by atoms with Crippen molar-refractivity contribution in [1.29, 1.82) is 0 Å². The number of nitrogens with one attached hydrogen (secondary N) is 1. The summed E-state index contributed by atoms with van der Waals surface area (Å²) >= 11 is 0. The first kappa shape index (κ1) is 14.5. The van der Waals surface area contributed by atoms with Crippen molar-refractivity contribution in [3.05, 3.63) is 0 Å². The van der Waals surface area contributed by atoms with Crippen molar-refractivity contribution in [3.8, 4) is 0 Å². The first-order valence-corrected chi connectivity index (χ1v) is 6.84. The minimum Gasteiger partial charge on any atom is -0.352 e. The lowest BCUT2D eigenvalue weighted by atomic mass is 9.94. The summed E-state index contributed by atoms with van der Waals surface area (Å²) in [5.41, 5.74) is 6.02. The number of likely N-dealkylation sites (tertiary alicyclic amines) is 1. The van der Waals surface area contributed by atoms with E-state index in [4.69, 9.17) is 5.73 Å². The Morgan fingerprint density at radius 2 is 2.12 bits per heavy atom. The third-order valence-electron chi connectivity index (χ3n) is 3.82. The molecule has 1 aliphatic rings. The minimum absolute atomic E-state index is 0.139. The average molecular weight is 241 g/mol. The molecule has 2 atom stereocenters. The van der Waals surface area contributed by atoms with E-state index in [1.54, 1.807) is 0 Å². The van der Waals surface area contributed by atoms with Crippen LogP contribution in [0.3, 0.4) is 0 Å². The number of hydrogen-bond donors (Lipinski definition) is 2. The minimum atomic E-state index is 0.139. The van der Waals surface area contributed by atoms with Crippen LogP contribution in [-0.2, 0) is 4.79 Å². The van der Waals surface area contributed by atoms with Gasteiger partial charge in [-0.2, -0.15) is 0 Å². The highest BCUT2D eigenvalue weighted by molar-refractivity contribution is 5.78. The van der Waals surface area contributed by atoms with Crippen LogP contribution in [0.2, 0.25) is 0 Å². The molecule has 0 radical (unpaired) electrons. The lowest BCUT2D eigenvalue weighted by molar-refractivity contribution is -0.123. The van der Waals surface area contributed by atoms with Crippen LogP contribution >= 0.6 is 0 Å². The first-order chi connectivity index (χ1) is 8.06. The van der Waals surface area contributed by atoms with Gasteiger partial charge in [-0.25, -0.2) is 0 Å². The van der Waals surface area contributed by atoms with Gasteiger partial charge in [0.25, 0.3) is 0 Å². The smallest absolute Gasteiger partial charge is 0.234 e. The van der Waals surface area contributed by atoms with Crippen LogP contribution in [0.1, 0.15) is 40.0 Å². The van der Waals surface area contributed by atoms with E-state index in [9.17, 15) is 4.79 Å². The van der Waals surface area contributed by atoms with Crippen molar-refractivity contribution >= 4 is 5.91 Å². The van der Waals surface area contributed by atoms with E-state index in [1.807, 2.05) is 0 Å². The van der Waals surface area contributed by atoms with Crippen molar-refractivity contribution in [2.24, 2.45) is 11.7 Å². The number of amides is 1. The van der Waals surface area contributed by atoms with Crippen LogP contribution in [0.25, 0.3) is 0 Å². The largest absolute Gasteiger partial charge is 0.352 e. The molecule has 4 nitrogen and oxygen atoms in total. The van der Waals surface area contributed by atoms with Gasteiger partial charge < -0.3 is 11.1 Å². The van der Waals surface area contributed by atoms with Gasteiger partial charge in [0.15, 0.2) is 0 Å². The molecule has 1 fully saturated rings. The molecule has 0 bridgehead atoms. The number of nitrogens with two attached hydrogens (primary N) is 1. The Bertz CT molecular complexity index is 241. The van der Waals surface area contributed by atoms with E-state index >= 15 is 0 Å². The predicted molar refractivity (Wildman–Crippen MR) is 70.7 cm³/mol. The topological polar surface area (TPSA) is 58.4 Å². The third kappa shape index (κ3) is 4.64. The highest BCUT2D eigenvalue weighted by atomic mass is 16.2. The fraction of sp³-hybridized carbons (Fsp3) is 0.923. The van der Waals surface area contributed by atoms with E-state index in [0.29, 0.717) is 18.5 Å². The molecule has 3 N–H and O–H groups in total. The maximum atomic E-state index is 11.8. The molecule has 1 rings (SSSR count). The van der Waals surface area contributed by atoms with Gasteiger partial charge in [-0.15, -0.1) is 0 Å². The number of carbonyl (C=O) groups is 1. The zero-order valence-corrected chi connectivity index (χ0v) is 11.4. The Morgan fingerprint density at radius 3 is 2.65 bits per heavy atom. The summed E-state index contributed by atoms with van der Waals surface area (Å²) in [6.45, 7) is 8.73. The molecule has 17 heavy (non-hydrogen) atoms. The Kier molecular flexibility index (Phi) is 5.92. The Morgan fingerprint density at radius 1 is 1.47 bits per heavy atom. The van der Waals surface area contributed by atoms with Crippen molar-refractivity contribution in [1.82, 2.24) is 10.2 Å². The molecule has 0 aromatic carbocycles. The summed E-state index contributed by atoms with van der Waals surface area (Å²) in [5, 5.41) is 3.07. The van der Waals surface area contributed by atoms with Gasteiger partial charge in [0.2, 0.25) is 5.91 Å². The van der Waals surface area contributed by atoms with Gasteiger partial charge in [0.1, 0.15) is 0 Å². The molecule has 0 aromatic rings. The summed E-state index contributed by atoms with van der Waals surface area (Å²) in [6, 6.07) is 0.532. The van der Waals surface area contributed by atoms with Crippen LogP contribution in [0, 0.1) is 5.92 Å². The number of hydrogen-bond acceptors (Lipinski definition) is 3. The quantitative estimate of drug-likeness (QED) is 0.754. The van der Waals surface area contributed by atoms with Crippen LogP contribution in [0.5, 0.6) is 0 Å². The van der Waals surface area contributed by atoms with Crippen LogP contribution in [0.4, 0.5) is 0 Å². The second kappa shape index (κ2) is 6.97. The van der Waals surface area contributed by atoms with Crippen molar-refractivity contribution in [2.75, 3.05) is 19.6 Å². The maximum Gasteiger partial charge on any atom is 0.234 e. The van der Waals surface area contributed by atoms with E-state index in [0.717, 1.165) is 32.4 Å². The van der Waals surface area contributed by atoms with E-state index in [-0.39, 0.29) is 11.9 Å². The normalized spacial score (nSPS) is 26.2. The second-order valence-electron chi connectivity index (χ2n) is 5.25. The monoisotopic (exact) mass is 241 g/mol. The number of carbonyl (C=O) groups excluding carboxylic acids is 1. The fourth-order valence-electron chi connectivity index (χ4n) is 2.28. The molecule has 2 unspecified atom stereocenters. The average Bonchev–Trinajstić information content (AvgIpc) is 2.31. The lowest BCUT2D eigenvalue weighted by Gasteiger charge is -2.34. The molecule has 1 aliphatic heterocycles. The molecule has 0 aliphatic carbocycles. The fourth-order valence-corrected chi connectivity index (χ4v) is 2.28. The van der Waals surface area contributed by atoms with Crippen LogP contribution < -0.4 is 11.1 Å². The summed E-state index contributed by atoms with van der Waals surface area (Å²) in [6.07, 6.45) is 3.09. The molecule has 4 heteroatoms. The molecular weight excluding hydrogens is 214 g/mol. The molecule has 0 aromatic heterocycles. The molecule has 0 spiro atoms. The van der Waals surface area contributed by atoms with Gasteiger partial charge in [0.05, 0.1) is 6.54 Å². The molecule has 1 saturated heterocycles. The van der Waals surface area contributed by atoms with Crippen molar-refractivity contribution in [2.45, 2.75) is 52.1 Å². The lowest BCUT2D eigenvalue weighted by Crippen LogP contribution is -2.51. The molecule has 1 amide bonds. The van der Waals surface area contributed by atoms with E-state index in [1.165, 1.54) is 0 Å². The van der Waals surface area contributed by atoms with E-state index < -0.39 is 0 Å². The van der Waals surface area contributed by atoms with Gasteiger partial charge in [0, 0.05) is 18.6 Å². The third-order valence-corrected chi connectivity index (χ3v) is 3.82. The highest BCUT2D eigenvalue weighted by Crippen LogP contribution is 2.14. The standard InChI is InChI=1S/C13H27N3O/c1-4-11(5-2)15-13(17)9-16-7-6-10(3)12(14)8-16/h10-12H,4-9,14H2,1-3H3,(H,15,17). The summed E-state index contributed by atoms with van der Waals surface area (Å²) in [4.78, 5) is 14.0. The first-order valence-electron chi connectivity index (χ1n) is 6.84. The highest BCUT2D eigenvalue weighted by Gasteiger charge is 2.24. The molecule has 1 heterocycles. The van der Waals surface area contributed by atoms with E-state index in [2.05, 4.69) is 31.0 Å². The van der Waals surface area contributed by atoms with Gasteiger partial charge in [-0.1, -0.05) is 20.8 Å². The predicted octanol–water partition coefficient (Wildman–Crippen LogP) is 0.960. The Hall–Kier alpha value is -0.610. The van der Waals surface area contributed by atoms with Crippen LogP contribution in [0.15, 0.2) is 0 Å². The second-order valence-corrected chi connectivity index (χ2v) is 5.25. The molecular formula is C13H27N3O. The zero-order chi connectivity index (χ0) is 12.8. The molecule has 100 valence electrons. The van der Waals surface area contributed by atoms with Crippen molar-refractivity contribution < 1.29 is 4.79 Å². The Labute approximate surface area is 105 Å². The van der Waals surface area contributed by atoms with Gasteiger partial charge in [-0.3, -0.25) is 9.69 Å². The summed E-state index contributed by atoms with van der Waals surface area (Å²) in [5.74, 6) is 0.716. The maximum absolute atomic E-state index is 11.8. The van der Waals surface area contributed by atoms with Gasteiger partial charge >= 0.3 is 0 Å². The van der Waals surface area contributed by atoms with Crippen molar-refractivity contribution in [3.63, 3.8) is 0 Å². The summed E-state index contributed by atoms with van der Waals surface area (Å²) < 4.78 is 0. The number of nitrogens with zero attached hydrogens (tertiary/aromatic N) is 1. The number of rotatable bonds is 5. The molecule has 0 saturated carbocycles. The SMILES string of the molecule is CCC(CC)NC(=O)CN1CCC(C)C(N)C1. The number of piperidine rings is 1. The zero-order valence-electron chi connectivity index (χ0n) is 11.4. The van der Waals surface area contributed by atoms with Gasteiger partial charge in [-0.05, 0) is 31.7 Å². The Balaban J connectivity index is 2.31. The summed E-state index contributed by atoms with van der Waals surface area (Å²) in [7, 11) is 0.